The Morgan fingerprint density at radius 2 is 2.05 bits per heavy atom. The molecule has 19 heavy (non-hydrogen) atoms. The van der Waals surface area contributed by atoms with Crippen LogP contribution in [0, 0.1) is 13.8 Å². The van der Waals surface area contributed by atoms with Crippen molar-refractivity contribution in [1.29, 1.82) is 0 Å². The smallest absolute Gasteiger partial charge is 0.0648 e. The maximum absolute atomic E-state index is 5.68. The molecule has 0 saturated carbocycles. The standard InChI is InChI=1S/C13H16BrN5/c1-8-3-12(9(2)19-18-8)13(17-15)5-10-4-11(14)7-16-6-10/h3-4,6-7,13,17H,5,15H2,1-2H3. The zero-order valence-corrected chi connectivity index (χ0v) is 12.5. The number of rotatable bonds is 4. The van der Waals surface area contributed by atoms with Crippen molar-refractivity contribution in [2.45, 2.75) is 26.3 Å². The highest BCUT2D eigenvalue weighted by atomic mass is 79.9. The van der Waals surface area contributed by atoms with Gasteiger partial charge in [0.2, 0.25) is 0 Å². The SMILES string of the molecule is Cc1cc(C(Cc2cncc(Br)c2)NN)c(C)nn1. The minimum atomic E-state index is -0.00898. The Bertz CT molecular complexity index is 573. The van der Waals surface area contributed by atoms with E-state index in [0.717, 1.165) is 33.4 Å². The lowest BCUT2D eigenvalue weighted by Crippen LogP contribution is -2.30. The van der Waals surface area contributed by atoms with Crippen molar-refractivity contribution in [3.8, 4) is 0 Å². The second-order valence-electron chi connectivity index (χ2n) is 4.46. The lowest BCUT2D eigenvalue weighted by Gasteiger charge is -2.18. The third-order valence-corrected chi connectivity index (χ3v) is 3.35. The molecule has 100 valence electrons. The summed E-state index contributed by atoms with van der Waals surface area (Å²) in [6.07, 6.45) is 4.35. The van der Waals surface area contributed by atoms with Gasteiger partial charge in [0.25, 0.3) is 0 Å². The molecule has 2 rings (SSSR count). The van der Waals surface area contributed by atoms with Crippen LogP contribution in [0.15, 0.2) is 29.0 Å². The quantitative estimate of drug-likeness (QED) is 0.665. The van der Waals surface area contributed by atoms with Crippen molar-refractivity contribution >= 4 is 15.9 Å². The molecule has 3 N–H and O–H groups in total. The molecule has 0 amide bonds. The lowest BCUT2D eigenvalue weighted by atomic mass is 9.99. The van der Waals surface area contributed by atoms with E-state index in [4.69, 9.17) is 5.84 Å². The zero-order chi connectivity index (χ0) is 13.8. The summed E-state index contributed by atoms with van der Waals surface area (Å²) < 4.78 is 0.960. The number of aryl methyl sites for hydroxylation is 2. The summed E-state index contributed by atoms with van der Waals surface area (Å²) in [7, 11) is 0. The van der Waals surface area contributed by atoms with Crippen LogP contribution in [0.3, 0.4) is 0 Å². The number of nitrogens with one attached hydrogen (secondary N) is 1. The Balaban J connectivity index is 2.27. The van der Waals surface area contributed by atoms with Crippen LogP contribution in [-0.4, -0.2) is 15.2 Å². The first kappa shape index (κ1) is 14.0. The molecule has 5 nitrogen and oxygen atoms in total. The molecule has 0 aliphatic heterocycles. The van der Waals surface area contributed by atoms with Crippen LogP contribution in [0.2, 0.25) is 0 Å². The number of nitrogens with zero attached hydrogens (tertiary/aromatic N) is 3. The summed E-state index contributed by atoms with van der Waals surface area (Å²) >= 11 is 3.42. The number of hydrogen-bond acceptors (Lipinski definition) is 5. The zero-order valence-electron chi connectivity index (χ0n) is 10.9. The van der Waals surface area contributed by atoms with Crippen molar-refractivity contribution in [3.63, 3.8) is 0 Å². The first-order chi connectivity index (χ1) is 9.10. The summed E-state index contributed by atoms with van der Waals surface area (Å²) in [5.74, 6) is 5.68. The molecule has 0 bridgehead atoms. The molecule has 2 aromatic rings. The molecule has 6 heteroatoms. The van der Waals surface area contributed by atoms with Gasteiger partial charge in [-0.15, -0.1) is 0 Å². The van der Waals surface area contributed by atoms with Crippen LogP contribution < -0.4 is 11.3 Å². The van der Waals surface area contributed by atoms with E-state index >= 15 is 0 Å². The van der Waals surface area contributed by atoms with Crippen LogP contribution >= 0.6 is 15.9 Å². The molecule has 0 saturated heterocycles. The summed E-state index contributed by atoms with van der Waals surface area (Å²) in [6.45, 7) is 3.86. The van der Waals surface area contributed by atoms with Gasteiger partial charge in [-0.1, -0.05) is 0 Å². The number of aromatic nitrogens is 3. The first-order valence-corrected chi connectivity index (χ1v) is 6.76. The molecule has 0 fully saturated rings. The van der Waals surface area contributed by atoms with Crippen molar-refractivity contribution < 1.29 is 0 Å². The van der Waals surface area contributed by atoms with E-state index in [1.807, 2.05) is 32.2 Å². The minimum Gasteiger partial charge on any atom is -0.271 e. The van der Waals surface area contributed by atoms with Gasteiger partial charge in [0.05, 0.1) is 17.4 Å². The summed E-state index contributed by atoms with van der Waals surface area (Å²) in [5, 5.41) is 8.18. The first-order valence-electron chi connectivity index (χ1n) is 5.96. The summed E-state index contributed by atoms with van der Waals surface area (Å²) in [5.41, 5.74) is 6.78. The second-order valence-corrected chi connectivity index (χ2v) is 5.38. The Labute approximate surface area is 120 Å². The van der Waals surface area contributed by atoms with Gasteiger partial charge >= 0.3 is 0 Å². The van der Waals surface area contributed by atoms with E-state index < -0.39 is 0 Å². The van der Waals surface area contributed by atoms with E-state index in [-0.39, 0.29) is 6.04 Å². The second kappa shape index (κ2) is 6.18. The van der Waals surface area contributed by atoms with E-state index in [2.05, 4.69) is 36.5 Å². The average Bonchev–Trinajstić information content (AvgIpc) is 2.39. The Hall–Kier alpha value is -1.37. The van der Waals surface area contributed by atoms with E-state index in [9.17, 15) is 0 Å². The molecule has 0 aromatic carbocycles. The van der Waals surface area contributed by atoms with E-state index in [0.29, 0.717) is 0 Å². The van der Waals surface area contributed by atoms with Gasteiger partial charge in [0, 0.05) is 16.9 Å². The fourth-order valence-electron chi connectivity index (χ4n) is 1.98. The third kappa shape index (κ3) is 3.56. The molecular weight excluding hydrogens is 306 g/mol. The number of pyridine rings is 1. The molecule has 2 heterocycles. The average molecular weight is 322 g/mol. The van der Waals surface area contributed by atoms with E-state index in [1.54, 1.807) is 6.20 Å². The van der Waals surface area contributed by atoms with Crippen molar-refractivity contribution in [2.75, 3.05) is 0 Å². The molecule has 2 aromatic heterocycles. The molecule has 0 spiro atoms. The molecule has 0 aliphatic carbocycles. The van der Waals surface area contributed by atoms with Crippen LogP contribution in [0.25, 0.3) is 0 Å². The molecular formula is C13H16BrN5. The van der Waals surface area contributed by atoms with Crippen LogP contribution in [0.4, 0.5) is 0 Å². The highest BCUT2D eigenvalue weighted by Gasteiger charge is 2.15. The third-order valence-electron chi connectivity index (χ3n) is 2.92. The minimum absolute atomic E-state index is 0.00898. The monoisotopic (exact) mass is 321 g/mol. The van der Waals surface area contributed by atoms with Gasteiger partial charge in [0.1, 0.15) is 0 Å². The topological polar surface area (TPSA) is 76.7 Å². The predicted molar refractivity (Wildman–Crippen MR) is 77.2 cm³/mol. The number of hydrazine groups is 1. The Kier molecular flexibility index (Phi) is 4.57. The fraction of sp³-hybridized carbons (Fsp3) is 0.308. The molecule has 0 radical (unpaired) electrons. The van der Waals surface area contributed by atoms with Gasteiger partial charge in [-0.2, -0.15) is 10.2 Å². The molecule has 0 aliphatic rings. The van der Waals surface area contributed by atoms with Gasteiger partial charge in [-0.25, -0.2) is 0 Å². The predicted octanol–water partition coefficient (Wildman–Crippen LogP) is 2.00. The maximum Gasteiger partial charge on any atom is 0.0648 e. The highest BCUT2D eigenvalue weighted by Crippen LogP contribution is 2.21. The highest BCUT2D eigenvalue weighted by molar-refractivity contribution is 9.10. The van der Waals surface area contributed by atoms with Gasteiger partial charge in [-0.3, -0.25) is 16.3 Å². The molecule has 1 unspecified atom stereocenters. The van der Waals surface area contributed by atoms with Crippen molar-refractivity contribution in [1.82, 2.24) is 20.6 Å². The summed E-state index contributed by atoms with van der Waals surface area (Å²) in [4.78, 5) is 4.16. The normalized spacial score (nSPS) is 12.4. The number of halogens is 1. The Morgan fingerprint density at radius 3 is 2.74 bits per heavy atom. The van der Waals surface area contributed by atoms with Crippen LogP contribution in [-0.2, 0) is 6.42 Å². The Morgan fingerprint density at radius 1 is 1.26 bits per heavy atom. The number of nitrogens with two attached hydrogens (primary N) is 1. The van der Waals surface area contributed by atoms with Crippen molar-refractivity contribution in [3.05, 3.63) is 51.5 Å². The lowest BCUT2D eigenvalue weighted by molar-refractivity contribution is 0.543. The van der Waals surface area contributed by atoms with Gasteiger partial charge < -0.3 is 0 Å². The summed E-state index contributed by atoms with van der Waals surface area (Å²) in [6, 6.07) is 4.04. The molecule has 1 atom stereocenters. The fourth-order valence-corrected chi connectivity index (χ4v) is 2.40. The van der Waals surface area contributed by atoms with Gasteiger partial charge in [0.15, 0.2) is 0 Å². The van der Waals surface area contributed by atoms with Crippen molar-refractivity contribution in [2.24, 2.45) is 5.84 Å². The van der Waals surface area contributed by atoms with Crippen LogP contribution in [0.1, 0.15) is 28.6 Å². The van der Waals surface area contributed by atoms with E-state index in [1.165, 1.54) is 0 Å². The largest absolute Gasteiger partial charge is 0.271 e. The maximum atomic E-state index is 5.68. The van der Waals surface area contributed by atoms with Crippen LogP contribution in [0.5, 0.6) is 0 Å². The van der Waals surface area contributed by atoms with Gasteiger partial charge in [-0.05, 0) is 59.5 Å². The number of hydrogen-bond donors (Lipinski definition) is 2.